The summed E-state index contributed by atoms with van der Waals surface area (Å²) < 4.78 is 0. The molecular formula is C14H8ClN3O2S. The van der Waals surface area contributed by atoms with Crippen LogP contribution in [0.3, 0.4) is 0 Å². The van der Waals surface area contributed by atoms with Gasteiger partial charge in [-0.3, -0.25) is 4.98 Å². The van der Waals surface area contributed by atoms with Crippen LogP contribution >= 0.6 is 23.4 Å². The van der Waals surface area contributed by atoms with Crippen molar-refractivity contribution < 1.29 is 9.90 Å². The number of carboxylic acid groups (broad SMARTS) is 1. The molecule has 0 aliphatic carbocycles. The van der Waals surface area contributed by atoms with Crippen LogP contribution in [0.2, 0.25) is 5.02 Å². The number of rotatable bonds is 3. The second kappa shape index (κ2) is 5.67. The summed E-state index contributed by atoms with van der Waals surface area (Å²) in [4.78, 5) is 24.5. The first kappa shape index (κ1) is 13.8. The Kier molecular flexibility index (Phi) is 3.72. The molecule has 0 fully saturated rings. The second-order valence-corrected chi connectivity index (χ2v) is 5.60. The molecule has 0 atom stereocenters. The van der Waals surface area contributed by atoms with Crippen molar-refractivity contribution in [1.82, 2.24) is 15.0 Å². The van der Waals surface area contributed by atoms with Gasteiger partial charge in [0.15, 0.2) is 5.65 Å². The van der Waals surface area contributed by atoms with Gasteiger partial charge in [0.2, 0.25) is 0 Å². The highest BCUT2D eigenvalue weighted by atomic mass is 35.5. The quantitative estimate of drug-likeness (QED) is 0.796. The largest absolute Gasteiger partial charge is 0.478 e. The van der Waals surface area contributed by atoms with E-state index < -0.39 is 5.97 Å². The summed E-state index contributed by atoms with van der Waals surface area (Å²) in [5.41, 5.74) is 1.33. The molecule has 0 radical (unpaired) electrons. The Balaban J connectivity index is 1.94. The number of hydrogen-bond donors (Lipinski definition) is 1. The highest BCUT2D eigenvalue weighted by Crippen LogP contribution is 2.30. The predicted octanol–water partition coefficient (Wildman–Crippen LogP) is 3.53. The van der Waals surface area contributed by atoms with Crippen LogP contribution in [0.5, 0.6) is 0 Å². The molecule has 1 N–H and O–H groups in total. The van der Waals surface area contributed by atoms with Gasteiger partial charge in [-0.15, -0.1) is 0 Å². The van der Waals surface area contributed by atoms with Gasteiger partial charge >= 0.3 is 5.97 Å². The Morgan fingerprint density at radius 1 is 1.14 bits per heavy atom. The van der Waals surface area contributed by atoms with Gasteiger partial charge in [-0.25, -0.2) is 14.8 Å². The molecular weight excluding hydrogens is 310 g/mol. The summed E-state index contributed by atoms with van der Waals surface area (Å²) in [5.74, 6) is -1.06. The van der Waals surface area contributed by atoms with E-state index in [2.05, 4.69) is 15.0 Å². The standard InChI is InChI=1S/C14H8ClN3O2S/c15-10-2-1-8(7-9(10)14(19)20)21-12-4-3-11-13(18-12)17-6-5-16-11/h1-7H,(H,19,20). The van der Waals surface area contributed by atoms with E-state index in [1.54, 1.807) is 24.5 Å². The van der Waals surface area contributed by atoms with Gasteiger partial charge in [0, 0.05) is 17.3 Å². The molecule has 0 saturated carbocycles. The molecule has 0 unspecified atom stereocenters. The maximum Gasteiger partial charge on any atom is 0.337 e. The average Bonchev–Trinajstić information content (AvgIpc) is 2.49. The number of aromatic carboxylic acids is 1. The lowest BCUT2D eigenvalue weighted by Crippen LogP contribution is -1.97. The number of carboxylic acids is 1. The molecule has 0 saturated heterocycles. The lowest BCUT2D eigenvalue weighted by Gasteiger charge is -2.04. The van der Waals surface area contributed by atoms with E-state index in [-0.39, 0.29) is 10.6 Å². The topological polar surface area (TPSA) is 76.0 Å². The van der Waals surface area contributed by atoms with Gasteiger partial charge in [-0.2, -0.15) is 0 Å². The molecule has 5 nitrogen and oxygen atoms in total. The van der Waals surface area contributed by atoms with E-state index >= 15 is 0 Å². The third-order valence-corrected chi connectivity index (χ3v) is 3.95. The van der Waals surface area contributed by atoms with Crippen LogP contribution in [0.1, 0.15) is 10.4 Å². The number of aromatic nitrogens is 3. The molecule has 0 amide bonds. The summed E-state index contributed by atoms with van der Waals surface area (Å²) in [7, 11) is 0. The Morgan fingerprint density at radius 3 is 2.76 bits per heavy atom. The molecule has 1 aromatic carbocycles. The molecule has 2 heterocycles. The van der Waals surface area contributed by atoms with E-state index in [0.29, 0.717) is 16.2 Å². The Morgan fingerprint density at radius 2 is 1.95 bits per heavy atom. The average molecular weight is 318 g/mol. The summed E-state index contributed by atoms with van der Waals surface area (Å²) in [6.45, 7) is 0. The number of carbonyl (C=O) groups is 1. The van der Waals surface area contributed by atoms with Crippen molar-refractivity contribution in [2.75, 3.05) is 0 Å². The fourth-order valence-corrected chi connectivity index (χ4v) is 2.77. The summed E-state index contributed by atoms with van der Waals surface area (Å²) in [6.07, 6.45) is 3.18. The van der Waals surface area contributed by atoms with E-state index in [1.165, 1.54) is 17.8 Å². The summed E-state index contributed by atoms with van der Waals surface area (Å²) in [5, 5.41) is 9.99. The van der Waals surface area contributed by atoms with Gasteiger partial charge < -0.3 is 5.11 Å². The monoisotopic (exact) mass is 317 g/mol. The highest BCUT2D eigenvalue weighted by Gasteiger charge is 2.10. The first-order chi connectivity index (χ1) is 10.1. The highest BCUT2D eigenvalue weighted by molar-refractivity contribution is 7.99. The Bertz CT molecular complexity index is 841. The summed E-state index contributed by atoms with van der Waals surface area (Å²) >= 11 is 7.19. The molecule has 0 aliphatic rings. The van der Waals surface area contributed by atoms with Crippen molar-refractivity contribution in [2.45, 2.75) is 9.92 Å². The van der Waals surface area contributed by atoms with Crippen molar-refractivity contribution in [2.24, 2.45) is 0 Å². The minimum absolute atomic E-state index is 0.0715. The molecule has 0 bridgehead atoms. The van der Waals surface area contributed by atoms with Crippen molar-refractivity contribution >= 4 is 40.5 Å². The van der Waals surface area contributed by atoms with Gasteiger partial charge in [0.1, 0.15) is 10.5 Å². The molecule has 2 aromatic heterocycles. The number of nitrogens with zero attached hydrogens (tertiary/aromatic N) is 3. The van der Waals surface area contributed by atoms with Crippen molar-refractivity contribution in [1.29, 1.82) is 0 Å². The number of benzene rings is 1. The molecule has 3 rings (SSSR count). The van der Waals surface area contributed by atoms with Crippen LogP contribution < -0.4 is 0 Å². The SMILES string of the molecule is O=C(O)c1cc(Sc2ccc3nccnc3n2)ccc1Cl. The van der Waals surface area contributed by atoms with Gasteiger partial charge in [-0.1, -0.05) is 23.4 Å². The third-order valence-electron chi connectivity index (χ3n) is 2.70. The molecule has 3 aromatic rings. The maximum absolute atomic E-state index is 11.1. The Labute approximate surface area is 129 Å². The van der Waals surface area contributed by atoms with Gasteiger partial charge in [0.05, 0.1) is 10.6 Å². The van der Waals surface area contributed by atoms with E-state index in [4.69, 9.17) is 16.7 Å². The lowest BCUT2D eigenvalue weighted by molar-refractivity contribution is 0.0697. The van der Waals surface area contributed by atoms with E-state index in [9.17, 15) is 4.79 Å². The number of pyridine rings is 1. The van der Waals surface area contributed by atoms with Crippen molar-refractivity contribution in [3.05, 3.63) is 53.3 Å². The molecule has 7 heteroatoms. The molecule has 0 aliphatic heterocycles. The van der Waals surface area contributed by atoms with E-state index in [1.807, 2.05) is 12.1 Å². The van der Waals surface area contributed by atoms with Gasteiger partial charge in [0.25, 0.3) is 0 Å². The lowest BCUT2D eigenvalue weighted by atomic mass is 10.2. The Hall–Kier alpha value is -2.18. The smallest absolute Gasteiger partial charge is 0.337 e. The first-order valence-electron chi connectivity index (χ1n) is 5.92. The normalized spacial score (nSPS) is 10.7. The van der Waals surface area contributed by atoms with Gasteiger partial charge in [-0.05, 0) is 30.3 Å². The zero-order valence-corrected chi connectivity index (χ0v) is 12.1. The van der Waals surface area contributed by atoms with Crippen molar-refractivity contribution in [3.63, 3.8) is 0 Å². The molecule has 21 heavy (non-hydrogen) atoms. The fourth-order valence-electron chi connectivity index (χ4n) is 1.75. The first-order valence-corrected chi connectivity index (χ1v) is 7.11. The predicted molar refractivity (Wildman–Crippen MR) is 79.9 cm³/mol. The van der Waals surface area contributed by atoms with Crippen molar-refractivity contribution in [3.8, 4) is 0 Å². The van der Waals surface area contributed by atoms with Crippen LogP contribution in [0.15, 0.2) is 52.6 Å². The number of fused-ring (bicyclic) bond motifs is 1. The minimum Gasteiger partial charge on any atom is -0.478 e. The molecule has 104 valence electrons. The zero-order valence-electron chi connectivity index (χ0n) is 10.5. The third kappa shape index (κ3) is 2.96. The van der Waals surface area contributed by atoms with Crippen LogP contribution in [0.25, 0.3) is 11.2 Å². The van der Waals surface area contributed by atoms with Crippen LogP contribution in [0, 0.1) is 0 Å². The number of halogens is 1. The number of hydrogen-bond acceptors (Lipinski definition) is 5. The van der Waals surface area contributed by atoms with Crippen LogP contribution in [0.4, 0.5) is 0 Å². The zero-order chi connectivity index (χ0) is 14.8. The second-order valence-electron chi connectivity index (χ2n) is 4.10. The molecule has 0 spiro atoms. The van der Waals surface area contributed by atoms with Crippen LogP contribution in [-0.2, 0) is 0 Å². The van der Waals surface area contributed by atoms with E-state index in [0.717, 1.165) is 4.90 Å². The maximum atomic E-state index is 11.1. The fraction of sp³-hybridized carbons (Fsp3) is 0. The van der Waals surface area contributed by atoms with Crippen LogP contribution in [-0.4, -0.2) is 26.0 Å². The minimum atomic E-state index is -1.06. The summed E-state index contributed by atoms with van der Waals surface area (Å²) in [6, 6.07) is 8.48.